The molecule has 0 aliphatic carbocycles. The second-order valence-electron chi connectivity index (χ2n) is 3.17. The summed E-state index contributed by atoms with van der Waals surface area (Å²) in [6, 6.07) is 0.374. The van der Waals surface area contributed by atoms with Gasteiger partial charge >= 0.3 is 0 Å². The summed E-state index contributed by atoms with van der Waals surface area (Å²) in [5, 5.41) is 10.1. The first-order chi connectivity index (χ1) is 5.74. The summed E-state index contributed by atoms with van der Waals surface area (Å²) in [6.07, 6.45) is 0. The van der Waals surface area contributed by atoms with E-state index in [-0.39, 0.29) is 0 Å². The molecule has 1 saturated heterocycles. The Morgan fingerprint density at radius 3 is 2.83 bits per heavy atom. The number of aryl methyl sites for hydroxylation is 1. The van der Waals surface area contributed by atoms with Gasteiger partial charge in [-0.3, -0.25) is 4.90 Å². The van der Waals surface area contributed by atoms with Crippen LogP contribution in [-0.2, 0) is 6.54 Å². The van der Waals surface area contributed by atoms with Gasteiger partial charge in [0.25, 0.3) is 0 Å². The first-order valence-corrected chi connectivity index (χ1v) is 4.82. The van der Waals surface area contributed by atoms with Crippen LogP contribution < -0.4 is 5.73 Å². The Kier molecular flexibility index (Phi) is 2.08. The molecule has 0 aromatic carbocycles. The van der Waals surface area contributed by atoms with Crippen LogP contribution in [0.5, 0.6) is 0 Å². The largest absolute Gasteiger partial charge is 0.325 e. The maximum absolute atomic E-state index is 5.65. The summed E-state index contributed by atoms with van der Waals surface area (Å²) >= 11 is 1.66. The van der Waals surface area contributed by atoms with Crippen LogP contribution >= 0.6 is 11.3 Å². The van der Waals surface area contributed by atoms with Gasteiger partial charge < -0.3 is 5.73 Å². The lowest BCUT2D eigenvalue weighted by Crippen LogP contribution is -2.54. The van der Waals surface area contributed by atoms with Gasteiger partial charge in [-0.2, -0.15) is 0 Å². The number of hydrogen-bond donors (Lipinski definition) is 1. The monoisotopic (exact) mass is 184 g/mol. The summed E-state index contributed by atoms with van der Waals surface area (Å²) in [5.74, 6) is 0. The summed E-state index contributed by atoms with van der Waals surface area (Å²) < 4.78 is 0. The maximum Gasteiger partial charge on any atom is 0.131 e. The molecule has 1 aliphatic heterocycles. The lowest BCUT2D eigenvalue weighted by Gasteiger charge is -2.35. The van der Waals surface area contributed by atoms with Crippen LogP contribution in [-0.4, -0.2) is 34.2 Å². The number of rotatable bonds is 2. The number of aromatic nitrogens is 2. The molecule has 4 nitrogen and oxygen atoms in total. The van der Waals surface area contributed by atoms with Crippen molar-refractivity contribution in [3.63, 3.8) is 0 Å². The third-order valence-corrected chi connectivity index (χ3v) is 2.74. The van der Waals surface area contributed by atoms with Crippen LogP contribution in [0.2, 0.25) is 0 Å². The third kappa shape index (κ3) is 1.63. The molecule has 2 N–H and O–H groups in total. The summed E-state index contributed by atoms with van der Waals surface area (Å²) in [7, 11) is 0. The first-order valence-electron chi connectivity index (χ1n) is 4.01. The fraction of sp³-hybridized carbons (Fsp3) is 0.714. The summed E-state index contributed by atoms with van der Waals surface area (Å²) in [5.41, 5.74) is 5.65. The lowest BCUT2D eigenvalue weighted by molar-refractivity contribution is 0.142. The number of nitrogens with zero attached hydrogens (tertiary/aromatic N) is 3. The second-order valence-corrected chi connectivity index (χ2v) is 4.44. The van der Waals surface area contributed by atoms with E-state index in [4.69, 9.17) is 5.73 Å². The molecule has 66 valence electrons. The highest BCUT2D eigenvalue weighted by molar-refractivity contribution is 7.11. The Bertz CT molecular complexity index is 266. The molecule has 0 saturated carbocycles. The fourth-order valence-corrected chi connectivity index (χ4v) is 2.08. The van der Waals surface area contributed by atoms with Gasteiger partial charge in [-0.25, -0.2) is 0 Å². The topological polar surface area (TPSA) is 55.0 Å². The molecule has 5 heteroatoms. The van der Waals surface area contributed by atoms with Crippen LogP contribution in [0.3, 0.4) is 0 Å². The summed E-state index contributed by atoms with van der Waals surface area (Å²) in [6.45, 7) is 4.89. The fourth-order valence-electron chi connectivity index (χ4n) is 1.33. The average Bonchev–Trinajstić information content (AvgIpc) is 2.33. The van der Waals surface area contributed by atoms with E-state index in [0.717, 1.165) is 29.6 Å². The molecule has 0 radical (unpaired) electrons. The third-order valence-electron chi connectivity index (χ3n) is 1.91. The van der Waals surface area contributed by atoms with E-state index < -0.39 is 0 Å². The minimum absolute atomic E-state index is 0.374. The Morgan fingerprint density at radius 1 is 1.58 bits per heavy atom. The van der Waals surface area contributed by atoms with Gasteiger partial charge in [0.2, 0.25) is 0 Å². The molecular formula is C7H12N4S. The molecule has 1 fully saturated rings. The predicted molar refractivity (Wildman–Crippen MR) is 47.9 cm³/mol. The van der Waals surface area contributed by atoms with Gasteiger partial charge in [-0.15, -0.1) is 21.5 Å². The van der Waals surface area contributed by atoms with Gasteiger partial charge in [0.15, 0.2) is 0 Å². The maximum atomic E-state index is 5.65. The lowest BCUT2D eigenvalue weighted by atomic mass is 10.1. The summed E-state index contributed by atoms with van der Waals surface area (Å²) in [4.78, 5) is 2.28. The van der Waals surface area contributed by atoms with Crippen molar-refractivity contribution in [1.82, 2.24) is 15.1 Å². The minimum Gasteiger partial charge on any atom is -0.325 e. The molecule has 0 amide bonds. The highest BCUT2D eigenvalue weighted by Gasteiger charge is 2.23. The highest BCUT2D eigenvalue weighted by atomic mass is 32.1. The molecule has 2 heterocycles. The molecule has 2 rings (SSSR count). The molecule has 1 aromatic heterocycles. The van der Waals surface area contributed by atoms with Crippen molar-refractivity contribution >= 4 is 11.3 Å². The van der Waals surface area contributed by atoms with Gasteiger partial charge in [-0.05, 0) is 6.92 Å². The van der Waals surface area contributed by atoms with Gasteiger partial charge in [-0.1, -0.05) is 0 Å². The first kappa shape index (κ1) is 8.10. The van der Waals surface area contributed by atoms with Crippen molar-refractivity contribution in [3.05, 3.63) is 10.0 Å². The highest BCUT2D eigenvalue weighted by Crippen LogP contribution is 2.14. The van der Waals surface area contributed by atoms with Crippen LogP contribution in [0.1, 0.15) is 10.0 Å². The Labute approximate surface area is 75.4 Å². The molecule has 0 spiro atoms. The molecule has 1 aliphatic rings. The van der Waals surface area contributed by atoms with Crippen molar-refractivity contribution in [2.24, 2.45) is 5.73 Å². The van der Waals surface area contributed by atoms with Gasteiger partial charge in [0.1, 0.15) is 10.0 Å². The van der Waals surface area contributed by atoms with E-state index in [1.165, 1.54) is 0 Å². The zero-order chi connectivity index (χ0) is 8.55. The quantitative estimate of drug-likeness (QED) is 0.702. The van der Waals surface area contributed by atoms with Crippen molar-refractivity contribution in [1.29, 1.82) is 0 Å². The average molecular weight is 184 g/mol. The van der Waals surface area contributed by atoms with Crippen LogP contribution in [0.4, 0.5) is 0 Å². The number of nitrogens with two attached hydrogens (primary N) is 1. The van der Waals surface area contributed by atoms with E-state index in [1.807, 2.05) is 6.92 Å². The molecule has 12 heavy (non-hydrogen) atoms. The Morgan fingerprint density at radius 2 is 2.33 bits per heavy atom. The van der Waals surface area contributed by atoms with E-state index >= 15 is 0 Å². The van der Waals surface area contributed by atoms with Crippen LogP contribution in [0.25, 0.3) is 0 Å². The smallest absolute Gasteiger partial charge is 0.131 e. The van der Waals surface area contributed by atoms with E-state index in [9.17, 15) is 0 Å². The van der Waals surface area contributed by atoms with Crippen LogP contribution in [0.15, 0.2) is 0 Å². The van der Waals surface area contributed by atoms with Crippen molar-refractivity contribution in [2.45, 2.75) is 19.5 Å². The van der Waals surface area contributed by atoms with Crippen molar-refractivity contribution in [2.75, 3.05) is 13.1 Å². The van der Waals surface area contributed by atoms with E-state index in [2.05, 4.69) is 15.1 Å². The molecular weight excluding hydrogens is 172 g/mol. The molecule has 0 atom stereocenters. The number of hydrogen-bond acceptors (Lipinski definition) is 5. The van der Waals surface area contributed by atoms with Crippen LogP contribution in [0, 0.1) is 6.92 Å². The molecule has 0 unspecified atom stereocenters. The zero-order valence-corrected chi connectivity index (χ0v) is 7.84. The predicted octanol–water partition coefficient (Wildman–Crippen LogP) is -0.0106. The number of likely N-dealkylation sites (tertiary alicyclic amines) is 1. The molecule has 0 bridgehead atoms. The second kappa shape index (κ2) is 3.08. The molecule has 1 aromatic rings. The Hall–Kier alpha value is -0.520. The minimum atomic E-state index is 0.374. The normalized spacial score (nSPS) is 19.5. The standard InChI is InChI=1S/C7H12N4S/c1-5-9-10-7(12-5)4-11-2-6(8)3-11/h6H,2-4,8H2,1H3. The van der Waals surface area contributed by atoms with Crippen molar-refractivity contribution in [3.8, 4) is 0 Å². The van der Waals surface area contributed by atoms with E-state index in [1.54, 1.807) is 11.3 Å². The van der Waals surface area contributed by atoms with Gasteiger partial charge in [0.05, 0.1) is 6.54 Å². The Balaban J connectivity index is 1.88. The SMILES string of the molecule is Cc1nnc(CN2CC(N)C2)s1. The van der Waals surface area contributed by atoms with Crippen molar-refractivity contribution < 1.29 is 0 Å². The zero-order valence-electron chi connectivity index (χ0n) is 7.03. The van der Waals surface area contributed by atoms with E-state index in [0.29, 0.717) is 6.04 Å². The van der Waals surface area contributed by atoms with Gasteiger partial charge in [0, 0.05) is 19.1 Å².